The number of aromatic nitrogens is 2. The number of piperazine rings is 1. The summed E-state index contributed by atoms with van der Waals surface area (Å²) in [6.07, 6.45) is 0.785. The smallest absolute Gasteiger partial charge is 0.252 e. The lowest BCUT2D eigenvalue weighted by Crippen LogP contribution is -2.45. The summed E-state index contributed by atoms with van der Waals surface area (Å²) in [4.78, 5) is 8.79. The minimum atomic E-state index is -0.179. The molecule has 1 saturated heterocycles. The number of aliphatic hydroxyl groups is 1. The number of hydrogen-bond acceptors (Lipinski definition) is 6. The van der Waals surface area contributed by atoms with Gasteiger partial charge in [-0.25, -0.2) is 0 Å². The van der Waals surface area contributed by atoms with Crippen LogP contribution in [-0.2, 0) is 13.0 Å². The Morgan fingerprint density at radius 1 is 1.31 bits per heavy atom. The number of rotatable bonds is 4. The molecule has 1 aliphatic rings. The van der Waals surface area contributed by atoms with Gasteiger partial charge in [-0.2, -0.15) is 4.98 Å². The van der Waals surface area contributed by atoms with Crippen molar-refractivity contribution in [2.45, 2.75) is 13.0 Å². The Morgan fingerprint density at radius 3 is 2.69 bits per heavy atom. The second kappa shape index (κ2) is 5.38. The molecule has 6 heteroatoms. The van der Waals surface area contributed by atoms with E-state index in [2.05, 4.69) is 27.0 Å². The molecule has 6 nitrogen and oxygen atoms in total. The lowest BCUT2D eigenvalue weighted by atomic mass is 10.3. The first-order valence-electron chi connectivity index (χ1n) is 5.61. The largest absolute Gasteiger partial charge is 0.387 e. The molecule has 1 aromatic heterocycles. The molecule has 90 valence electrons. The molecule has 1 N–H and O–H groups in total. The molecule has 0 unspecified atom stereocenters. The average molecular weight is 226 g/mol. The Morgan fingerprint density at radius 2 is 2.06 bits per heavy atom. The molecule has 0 spiro atoms. The van der Waals surface area contributed by atoms with Crippen molar-refractivity contribution in [1.82, 2.24) is 19.9 Å². The zero-order valence-electron chi connectivity index (χ0n) is 9.59. The Hall–Kier alpha value is -0.980. The first-order chi connectivity index (χ1) is 7.78. The Labute approximate surface area is 94.8 Å². The predicted octanol–water partition coefficient (Wildman–Crippen LogP) is -0.648. The Bertz CT molecular complexity index is 320. The van der Waals surface area contributed by atoms with Crippen LogP contribution in [0.1, 0.15) is 11.7 Å². The lowest BCUT2D eigenvalue weighted by molar-refractivity contribution is 0.154. The van der Waals surface area contributed by atoms with Crippen molar-refractivity contribution in [3.05, 3.63) is 11.7 Å². The molecule has 1 aliphatic heterocycles. The summed E-state index contributed by atoms with van der Waals surface area (Å²) in [5.74, 6) is 0.983. The van der Waals surface area contributed by atoms with Crippen LogP contribution in [0.2, 0.25) is 0 Å². The summed E-state index contributed by atoms with van der Waals surface area (Å²) in [7, 11) is 2.14. The van der Waals surface area contributed by atoms with E-state index < -0.39 is 0 Å². The van der Waals surface area contributed by atoms with Gasteiger partial charge in [0.15, 0.2) is 5.82 Å². The van der Waals surface area contributed by atoms with E-state index in [1.54, 1.807) is 0 Å². The topological polar surface area (TPSA) is 65.6 Å². The van der Waals surface area contributed by atoms with E-state index in [1.165, 1.54) is 0 Å². The first-order valence-corrected chi connectivity index (χ1v) is 5.61. The molecule has 0 atom stereocenters. The third-order valence-electron chi connectivity index (χ3n) is 2.89. The van der Waals surface area contributed by atoms with E-state index in [-0.39, 0.29) is 6.61 Å². The van der Waals surface area contributed by atoms with Crippen LogP contribution in [0.15, 0.2) is 4.52 Å². The van der Waals surface area contributed by atoms with Gasteiger partial charge in [0.2, 0.25) is 0 Å². The van der Waals surface area contributed by atoms with Crippen molar-refractivity contribution in [1.29, 1.82) is 0 Å². The molecule has 0 aliphatic carbocycles. The molecule has 1 fully saturated rings. The number of nitrogens with zero attached hydrogens (tertiary/aromatic N) is 4. The highest BCUT2D eigenvalue weighted by atomic mass is 16.5. The highest BCUT2D eigenvalue weighted by Crippen LogP contribution is 2.02. The van der Waals surface area contributed by atoms with Gasteiger partial charge in [0.25, 0.3) is 5.89 Å². The highest BCUT2D eigenvalue weighted by molar-refractivity contribution is 4.86. The maximum Gasteiger partial charge on any atom is 0.252 e. The monoisotopic (exact) mass is 226 g/mol. The normalized spacial score (nSPS) is 19.1. The van der Waals surface area contributed by atoms with E-state index >= 15 is 0 Å². The molecule has 0 aromatic carbocycles. The molecule has 16 heavy (non-hydrogen) atoms. The van der Waals surface area contributed by atoms with Gasteiger partial charge in [-0.3, -0.25) is 0 Å². The number of hydrogen-bond donors (Lipinski definition) is 1. The molecule has 0 saturated carbocycles. The van der Waals surface area contributed by atoms with Crippen LogP contribution in [0.3, 0.4) is 0 Å². The van der Waals surface area contributed by atoms with Crippen LogP contribution >= 0.6 is 0 Å². The minimum Gasteiger partial charge on any atom is -0.387 e. The SMILES string of the molecule is CN1CCN(CCc2noc(CO)n2)CC1. The van der Waals surface area contributed by atoms with Crippen LogP contribution in [0.4, 0.5) is 0 Å². The fraction of sp³-hybridized carbons (Fsp3) is 0.800. The minimum absolute atomic E-state index is 0.179. The van der Waals surface area contributed by atoms with E-state index in [4.69, 9.17) is 9.63 Å². The lowest BCUT2D eigenvalue weighted by Gasteiger charge is -2.31. The second-order valence-electron chi connectivity index (χ2n) is 4.16. The number of likely N-dealkylation sites (N-methyl/N-ethyl adjacent to an activating group) is 1. The standard InChI is InChI=1S/C10H18N4O2/c1-13-4-6-14(7-5-13)3-2-9-11-10(8-15)16-12-9/h15H,2-8H2,1H3. The van der Waals surface area contributed by atoms with Crippen molar-refractivity contribution in [3.63, 3.8) is 0 Å². The van der Waals surface area contributed by atoms with Crippen LogP contribution in [0.5, 0.6) is 0 Å². The third-order valence-corrected chi connectivity index (χ3v) is 2.89. The zero-order chi connectivity index (χ0) is 11.4. The van der Waals surface area contributed by atoms with Crippen molar-refractivity contribution in [2.24, 2.45) is 0 Å². The first kappa shape index (κ1) is 11.5. The average Bonchev–Trinajstić information content (AvgIpc) is 2.76. The summed E-state index contributed by atoms with van der Waals surface area (Å²) >= 11 is 0. The highest BCUT2D eigenvalue weighted by Gasteiger charge is 2.14. The summed E-state index contributed by atoms with van der Waals surface area (Å²) in [5.41, 5.74) is 0. The van der Waals surface area contributed by atoms with Gasteiger partial charge >= 0.3 is 0 Å². The fourth-order valence-electron chi connectivity index (χ4n) is 1.79. The molecular weight excluding hydrogens is 208 g/mol. The molecular formula is C10H18N4O2. The van der Waals surface area contributed by atoms with E-state index in [1.807, 2.05) is 0 Å². The molecule has 2 rings (SSSR count). The van der Waals surface area contributed by atoms with Gasteiger partial charge in [0.05, 0.1) is 0 Å². The van der Waals surface area contributed by atoms with Gasteiger partial charge in [0.1, 0.15) is 6.61 Å². The Kier molecular flexibility index (Phi) is 3.87. The van der Waals surface area contributed by atoms with Crippen LogP contribution in [0, 0.1) is 0 Å². The maximum atomic E-state index is 8.78. The fourth-order valence-corrected chi connectivity index (χ4v) is 1.79. The summed E-state index contributed by atoms with van der Waals surface area (Å²) < 4.78 is 4.83. The van der Waals surface area contributed by atoms with Gasteiger partial charge in [-0.05, 0) is 7.05 Å². The van der Waals surface area contributed by atoms with E-state index in [0.717, 1.165) is 39.1 Å². The molecule has 0 bridgehead atoms. The van der Waals surface area contributed by atoms with Gasteiger partial charge < -0.3 is 19.4 Å². The van der Waals surface area contributed by atoms with Crippen molar-refractivity contribution in [2.75, 3.05) is 39.8 Å². The van der Waals surface area contributed by atoms with E-state index in [0.29, 0.717) is 11.7 Å². The maximum absolute atomic E-state index is 8.78. The molecule has 0 radical (unpaired) electrons. The van der Waals surface area contributed by atoms with E-state index in [9.17, 15) is 0 Å². The van der Waals surface area contributed by atoms with Crippen molar-refractivity contribution in [3.8, 4) is 0 Å². The molecule has 2 heterocycles. The predicted molar refractivity (Wildman–Crippen MR) is 57.9 cm³/mol. The summed E-state index contributed by atoms with van der Waals surface area (Å²) in [6, 6.07) is 0. The van der Waals surface area contributed by atoms with Crippen LogP contribution < -0.4 is 0 Å². The molecule has 0 amide bonds. The molecule has 1 aromatic rings. The summed E-state index contributed by atoms with van der Waals surface area (Å²) in [5, 5.41) is 12.6. The Balaban J connectivity index is 1.74. The third kappa shape index (κ3) is 3.01. The van der Waals surface area contributed by atoms with Gasteiger partial charge in [0, 0.05) is 39.1 Å². The quantitative estimate of drug-likeness (QED) is 0.736. The van der Waals surface area contributed by atoms with Crippen molar-refractivity contribution < 1.29 is 9.63 Å². The second-order valence-corrected chi connectivity index (χ2v) is 4.16. The zero-order valence-corrected chi connectivity index (χ0v) is 9.59. The van der Waals surface area contributed by atoms with Crippen molar-refractivity contribution >= 4 is 0 Å². The van der Waals surface area contributed by atoms with Gasteiger partial charge in [-0.15, -0.1) is 0 Å². The number of aliphatic hydroxyl groups excluding tert-OH is 1. The van der Waals surface area contributed by atoms with Gasteiger partial charge in [-0.1, -0.05) is 5.16 Å². The van der Waals surface area contributed by atoms with Crippen LogP contribution in [0.25, 0.3) is 0 Å². The summed E-state index contributed by atoms with van der Waals surface area (Å²) in [6.45, 7) is 5.21. The van der Waals surface area contributed by atoms with Crippen LogP contribution in [-0.4, -0.2) is 64.8 Å².